The van der Waals surface area contributed by atoms with Gasteiger partial charge < -0.3 is 5.11 Å². The molecule has 20 heavy (non-hydrogen) atoms. The summed E-state index contributed by atoms with van der Waals surface area (Å²) in [6.07, 6.45) is 2.81. The van der Waals surface area contributed by atoms with Gasteiger partial charge >= 0.3 is 0 Å². The molecular weight excluding hydrogens is 272 g/mol. The van der Waals surface area contributed by atoms with E-state index < -0.39 is 9.84 Å². The van der Waals surface area contributed by atoms with Gasteiger partial charge in [0.05, 0.1) is 4.90 Å². The summed E-state index contributed by atoms with van der Waals surface area (Å²) in [5, 5.41) is 8.81. The summed E-state index contributed by atoms with van der Waals surface area (Å²) in [4.78, 5) is 0.333. The van der Waals surface area contributed by atoms with E-state index in [1.807, 2.05) is 30.3 Å². The zero-order valence-corrected chi connectivity index (χ0v) is 12.2. The van der Waals surface area contributed by atoms with Gasteiger partial charge in [0.2, 0.25) is 0 Å². The molecule has 0 amide bonds. The average molecular weight is 290 g/mol. The minimum absolute atomic E-state index is 0.193. The normalized spacial score (nSPS) is 11.5. The lowest BCUT2D eigenvalue weighted by molar-refractivity contribution is 0.288. The number of aliphatic hydroxyl groups is 1. The summed E-state index contributed by atoms with van der Waals surface area (Å²) < 4.78 is 23.1. The molecule has 3 nitrogen and oxygen atoms in total. The molecule has 0 radical (unpaired) electrons. The number of rotatable bonds is 5. The van der Waals surface area contributed by atoms with Gasteiger partial charge in [-0.3, -0.25) is 0 Å². The SMILES string of the molecule is CS(=O)(=O)c1cccc(-c2ccc(CCCO)cc2)c1. The van der Waals surface area contributed by atoms with Crippen molar-refractivity contribution >= 4 is 9.84 Å². The van der Waals surface area contributed by atoms with Gasteiger partial charge in [-0.2, -0.15) is 0 Å². The molecule has 1 N–H and O–H groups in total. The Balaban J connectivity index is 2.28. The van der Waals surface area contributed by atoms with Crippen LogP contribution in [-0.2, 0) is 16.3 Å². The van der Waals surface area contributed by atoms with Crippen LogP contribution in [0.15, 0.2) is 53.4 Å². The van der Waals surface area contributed by atoms with Crippen molar-refractivity contribution in [2.24, 2.45) is 0 Å². The predicted molar refractivity (Wildman–Crippen MR) is 80.4 cm³/mol. The summed E-state index contributed by atoms with van der Waals surface area (Å²) in [6, 6.07) is 14.9. The maximum atomic E-state index is 11.6. The van der Waals surface area contributed by atoms with Gasteiger partial charge in [0.25, 0.3) is 0 Å². The molecule has 0 heterocycles. The van der Waals surface area contributed by atoms with Crippen LogP contribution in [0.2, 0.25) is 0 Å². The maximum Gasteiger partial charge on any atom is 0.175 e. The highest BCUT2D eigenvalue weighted by Crippen LogP contribution is 2.23. The van der Waals surface area contributed by atoms with Crippen molar-refractivity contribution in [1.29, 1.82) is 0 Å². The fraction of sp³-hybridized carbons (Fsp3) is 0.250. The molecule has 106 valence electrons. The van der Waals surface area contributed by atoms with Gasteiger partial charge in [-0.05, 0) is 41.7 Å². The molecule has 2 aromatic carbocycles. The summed E-state index contributed by atoms with van der Waals surface area (Å²) in [5.41, 5.74) is 3.05. The molecule has 4 heteroatoms. The molecule has 0 spiro atoms. The summed E-state index contributed by atoms with van der Waals surface area (Å²) in [6.45, 7) is 0.193. The Hall–Kier alpha value is -1.65. The first-order valence-electron chi connectivity index (χ1n) is 6.51. The molecule has 0 bridgehead atoms. The average Bonchev–Trinajstić information content (AvgIpc) is 2.45. The van der Waals surface area contributed by atoms with E-state index in [4.69, 9.17) is 5.11 Å². The van der Waals surface area contributed by atoms with Crippen LogP contribution in [-0.4, -0.2) is 26.4 Å². The minimum Gasteiger partial charge on any atom is -0.396 e. The molecule has 0 aromatic heterocycles. The van der Waals surface area contributed by atoms with Gasteiger partial charge in [0, 0.05) is 12.9 Å². The summed E-state index contributed by atoms with van der Waals surface area (Å²) >= 11 is 0. The van der Waals surface area contributed by atoms with Crippen LogP contribution in [0.4, 0.5) is 0 Å². The van der Waals surface area contributed by atoms with Gasteiger partial charge in [0.15, 0.2) is 9.84 Å². The van der Waals surface area contributed by atoms with Crippen molar-refractivity contribution in [2.75, 3.05) is 12.9 Å². The molecule has 2 aromatic rings. The van der Waals surface area contributed by atoms with Crippen LogP contribution in [0, 0.1) is 0 Å². The predicted octanol–water partition coefficient (Wildman–Crippen LogP) is 2.68. The Morgan fingerprint density at radius 3 is 2.30 bits per heavy atom. The number of hydrogen-bond acceptors (Lipinski definition) is 3. The zero-order valence-electron chi connectivity index (χ0n) is 11.4. The zero-order chi connectivity index (χ0) is 14.6. The molecule has 0 saturated heterocycles. The van der Waals surface area contributed by atoms with Crippen LogP contribution in [0.25, 0.3) is 11.1 Å². The number of benzene rings is 2. The van der Waals surface area contributed by atoms with E-state index in [0.717, 1.165) is 24.0 Å². The van der Waals surface area contributed by atoms with Crippen molar-refractivity contribution in [1.82, 2.24) is 0 Å². The van der Waals surface area contributed by atoms with E-state index in [1.54, 1.807) is 18.2 Å². The molecular formula is C16H18O3S. The molecule has 0 unspecified atom stereocenters. The van der Waals surface area contributed by atoms with E-state index in [0.29, 0.717) is 4.90 Å². The molecule has 0 saturated carbocycles. The lowest BCUT2D eigenvalue weighted by Gasteiger charge is -2.06. The Morgan fingerprint density at radius 2 is 1.70 bits per heavy atom. The lowest BCUT2D eigenvalue weighted by atomic mass is 10.0. The van der Waals surface area contributed by atoms with Gasteiger partial charge in [0.1, 0.15) is 0 Å². The second kappa shape index (κ2) is 6.20. The van der Waals surface area contributed by atoms with Crippen molar-refractivity contribution in [3.05, 3.63) is 54.1 Å². The second-order valence-corrected chi connectivity index (χ2v) is 6.84. The standard InChI is InChI=1S/C16H18O3S/c1-20(18,19)16-6-2-5-15(12-16)14-9-7-13(8-10-14)4-3-11-17/h2,5-10,12,17H,3-4,11H2,1H3. The third-order valence-corrected chi connectivity index (χ3v) is 4.28. The molecule has 0 fully saturated rings. The fourth-order valence-electron chi connectivity index (χ4n) is 2.05. The Morgan fingerprint density at radius 1 is 1.00 bits per heavy atom. The number of sulfone groups is 1. The van der Waals surface area contributed by atoms with Crippen molar-refractivity contribution < 1.29 is 13.5 Å². The highest BCUT2D eigenvalue weighted by molar-refractivity contribution is 7.90. The first-order valence-corrected chi connectivity index (χ1v) is 8.40. The first kappa shape index (κ1) is 14.8. The fourth-order valence-corrected chi connectivity index (χ4v) is 2.72. The molecule has 0 aliphatic rings. The Labute approximate surface area is 119 Å². The maximum absolute atomic E-state index is 11.6. The van der Waals surface area contributed by atoms with Crippen LogP contribution in [0.3, 0.4) is 0 Å². The van der Waals surface area contributed by atoms with Gasteiger partial charge in [-0.1, -0.05) is 36.4 Å². The minimum atomic E-state index is -3.18. The van der Waals surface area contributed by atoms with Crippen LogP contribution < -0.4 is 0 Å². The van der Waals surface area contributed by atoms with E-state index in [1.165, 1.54) is 11.8 Å². The highest BCUT2D eigenvalue weighted by atomic mass is 32.2. The smallest absolute Gasteiger partial charge is 0.175 e. The van der Waals surface area contributed by atoms with Crippen molar-refractivity contribution in [3.8, 4) is 11.1 Å². The molecule has 0 aliphatic carbocycles. The van der Waals surface area contributed by atoms with E-state index in [2.05, 4.69) is 0 Å². The molecule has 0 aliphatic heterocycles. The van der Waals surface area contributed by atoms with Gasteiger partial charge in [-0.25, -0.2) is 8.42 Å². The third kappa shape index (κ3) is 3.68. The van der Waals surface area contributed by atoms with Crippen molar-refractivity contribution in [3.63, 3.8) is 0 Å². The van der Waals surface area contributed by atoms with E-state index in [9.17, 15) is 8.42 Å². The number of aliphatic hydroxyl groups excluding tert-OH is 1. The third-order valence-electron chi connectivity index (χ3n) is 3.17. The summed E-state index contributed by atoms with van der Waals surface area (Å²) in [7, 11) is -3.18. The second-order valence-electron chi connectivity index (χ2n) is 4.82. The Bertz CT molecular complexity index is 673. The topological polar surface area (TPSA) is 54.4 Å². The Kier molecular flexibility index (Phi) is 4.57. The van der Waals surface area contributed by atoms with Crippen LogP contribution in [0.5, 0.6) is 0 Å². The number of hydrogen-bond donors (Lipinski definition) is 1. The van der Waals surface area contributed by atoms with E-state index in [-0.39, 0.29) is 6.61 Å². The molecule has 0 atom stereocenters. The summed E-state index contributed by atoms with van der Waals surface area (Å²) in [5.74, 6) is 0. The quantitative estimate of drug-likeness (QED) is 0.921. The molecule has 2 rings (SSSR count). The first-order chi connectivity index (χ1) is 9.50. The van der Waals surface area contributed by atoms with Crippen LogP contribution in [0.1, 0.15) is 12.0 Å². The highest BCUT2D eigenvalue weighted by Gasteiger charge is 2.08. The number of aryl methyl sites for hydroxylation is 1. The lowest BCUT2D eigenvalue weighted by Crippen LogP contribution is -1.96. The largest absolute Gasteiger partial charge is 0.396 e. The van der Waals surface area contributed by atoms with E-state index >= 15 is 0 Å². The van der Waals surface area contributed by atoms with Crippen molar-refractivity contribution in [2.45, 2.75) is 17.7 Å². The monoisotopic (exact) mass is 290 g/mol. The van der Waals surface area contributed by atoms with Gasteiger partial charge in [-0.15, -0.1) is 0 Å². The van der Waals surface area contributed by atoms with Crippen LogP contribution >= 0.6 is 0 Å².